The summed E-state index contributed by atoms with van der Waals surface area (Å²) in [5.74, 6) is 1.75. The summed E-state index contributed by atoms with van der Waals surface area (Å²) in [4.78, 5) is 0. The first kappa shape index (κ1) is 17.9. The number of unbranched alkanes of at least 4 members (excludes halogenated alkanes) is 1. The van der Waals surface area contributed by atoms with Crippen LogP contribution < -0.4 is 0 Å². The van der Waals surface area contributed by atoms with Crippen molar-refractivity contribution in [3.05, 3.63) is 35.4 Å². The number of benzene rings is 1. The van der Waals surface area contributed by atoms with Crippen LogP contribution in [0.5, 0.6) is 0 Å². The van der Waals surface area contributed by atoms with E-state index in [1.807, 2.05) is 0 Å². The molecule has 1 aromatic rings. The summed E-state index contributed by atoms with van der Waals surface area (Å²) in [6.45, 7) is 5.88. The largest absolute Gasteiger partial charge is 0.373 e. The summed E-state index contributed by atoms with van der Waals surface area (Å²) < 4.78 is 11.8. The molecule has 0 aromatic heterocycles. The van der Waals surface area contributed by atoms with Crippen molar-refractivity contribution in [1.82, 2.24) is 0 Å². The van der Waals surface area contributed by atoms with Gasteiger partial charge in [-0.1, -0.05) is 57.4 Å². The lowest BCUT2D eigenvalue weighted by molar-refractivity contribution is -0.135. The molecule has 1 aromatic carbocycles. The van der Waals surface area contributed by atoms with E-state index in [2.05, 4.69) is 38.1 Å². The Morgan fingerprint density at radius 3 is 2.17 bits per heavy atom. The van der Waals surface area contributed by atoms with E-state index in [0.29, 0.717) is 6.61 Å². The van der Waals surface area contributed by atoms with E-state index < -0.39 is 0 Å². The quantitative estimate of drug-likeness (QED) is 0.635. The lowest BCUT2D eigenvalue weighted by Gasteiger charge is -2.30. The number of hydrogen-bond acceptors (Lipinski definition) is 2. The molecular weight excluding hydrogens is 296 g/mol. The zero-order chi connectivity index (χ0) is 16.8. The lowest BCUT2D eigenvalue weighted by Crippen LogP contribution is -2.30. The first-order valence-electron chi connectivity index (χ1n) is 10.1. The first-order valence-corrected chi connectivity index (χ1v) is 10.1. The highest BCUT2D eigenvalue weighted by molar-refractivity contribution is 5.27. The fourth-order valence-corrected chi connectivity index (χ4v) is 4.23. The molecule has 0 bridgehead atoms. The van der Waals surface area contributed by atoms with E-state index >= 15 is 0 Å². The molecule has 1 aliphatic carbocycles. The Hall–Kier alpha value is -0.860. The van der Waals surface area contributed by atoms with Crippen molar-refractivity contribution in [2.45, 2.75) is 83.3 Å². The van der Waals surface area contributed by atoms with Crippen LogP contribution >= 0.6 is 0 Å². The molecule has 2 nitrogen and oxygen atoms in total. The van der Waals surface area contributed by atoms with Gasteiger partial charge in [0.15, 0.2) is 0 Å². The fraction of sp³-hybridized carbons (Fsp3) is 0.727. The van der Waals surface area contributed by atoms with Crippen molar-refractivity contribution in [3.63, 3.8) is 0 Å². The van der Waals surface area contributed by atoms with Crippen LogP contribution in [0.15, 0.2) is 24.3 Å². The van der Waals surface area contributed by atoms with Crippen molar-refractivity contribution in [2.24, 2.45) is 5.92 Å². The van der Waals surface area contributed by atoms with Gasteiger partial charge in [0.25, 0.3) is 0 Å². The Balaban J connectivity index is 1.50. The van der Waals surface area contributed by atoms with E-state index in [1.54, 1.807) is 0 Å². The normalized spacial score (nSPS) is 31.1. The summed E-state index contributed by atoms with van der Waals surface area (Å²) in [6, 6.07) is 9.20. The van der Waals surface area contributed by atoms with Crippen LogP contribution in [0.25, 0.3) is 0 Å². The van der Waals surface area contributed by atoms with Gasteiger partial charge in [0.2, 0.25) is 0 Å². The summed E-state index contributed by atoms with van der Waals surface area (Å²) in [5, 5.41) is 0. The topological polar surface area (TPSA) is 18.5 Å². The van der Waals surface area contributed by atoms with Crippen molar-refractivity contribution >= 4 is 0 Å². The predicted molar refractivity (Wildman–Crippen MR) is 99.4 cm³/mol. The minimum atomic E-state index is 0.117. The average molecular weight is 331 g/mol. The van der Waals surface area contributed by atoms with Crippen LogP contribution in [-0.4, -0.2) is 19.3 Å². The van der Waals surface area contributed by atoms with Gasteiger partial charge >= 0.3 is 0 Å². The molecule has 134 valence electrons. The van der Waals surface area contributed by atoms with Gasteiger partial charge in [0.05, 0.1) is 19.3 Å². The third kappa shape index (κ3) is 4.61. The smallest absolute Gasteiger partial charge is 0.106 e. The Labute approximate surface area is 147 Å². The van der Waals surface area contributed by atoms with Crippen LogP contribution in [0.1, 0.15) is 88.4 Å². The van der Waals surface area contributed by atoms with Crippen LogP contribution in [-0.2, 0) is 9.47 Å². The van der Waals surface area contributed by atoms with E-state index in [9.17, 15) is 0 Å². The van der Waals surface area contributed by atoms with Crippen LogP contribution in [0.2, 0.25) is 0 Å². The SMILES string of the molecule is CCCC[C@H]1CC[C@H](c2ccc([C@@H]3CO[C@@H](CC)CO3)cc2)CC1. The molecule has 1 saturated carbocycles. The van der Waals surface area contributed by atoms with Crippen LogP contribution in [0.4, 0.5) is 0 Å². The summed E-state index contributed by atoms with van der Waals surface area (Å²) in [6.07, 6.45) is 11.2. The van der Waals surface area contributed by atoms with Gasteiger partial charge in [0.1, 0.15) is 6.10 Å². The van der Waals surface area contributed by atoms with E-state index in [1.165, 1.54) is 56.1 Å². The number of hydrogen-bond donors (Lipinski definition) is 0. The number of ether oxygens (including phenoxy) is 2. The molecule has 2 heteroatoms. The summed E-state index contributed by atoms with van der Waals surface area (Å²) in [5.41, 5.74) is 2.79. The van der Waals surface area contributed by atoms with Gasteiger partial charge < -0.3 is 9.47 Å². The van der Waals surface area contributed by atoms with Crippen molar-refractivity contribution in [2.75, 3.05) is 13.2 Å². The molecule has 0 N–H and O–H groups in total. The van der Waals surface area contributed by atoms with E-state index in [0.717, 1.165) is 24.9 Å². The van der Waals surface area contributed by atoms with Gasteiger partial charge in [-0.05, 0) is 55.1 Å². The van der Waals surface area contributed by atoms with Crippen molar-refractivity contribution in [1.29, 1.82) is 0 Å². The second kappa shape index (κ2) is 9.01. The lowest BCUT2D eigenvalue weighted by atomic mass is 9.77. The monoisotopic (exact) mass is 330 g/mol. The highest BCUT2D eigenvalue weighted by Gasteiger charge is 2.24. The molecule has 2 aliphatic rings. The Morgan fingerprint density at radius 1 is 0.875 bits per heavy atom. The molecule has 3 rings (SSSR count). The standard InChI is InChI=1S/C22H34O2/c1-3-5-6-17-7-9-18(10-8-17)19-11-13-20(14-12-19)22-16-23-21(4-2)15-24-22/h11-14,17-18,21-22H,3-10,15-16H2,1-2H3/t17-,18-,21-,22-/m0/s1. The minimum absolute atomic E-state index is 0.117. The molecule has 1 saturated heterocycles. The van der Waals surface area contributed by atoms with Gasteiger partial charge in [0, 0.05) is 0 Å². The third-order valence-corrected chi connectivity index (χ3v) is 6.01. The Morgan fingerprint density at radius 2 is 1.58 bits per heavy atom. The van der Waals surface area contributed by atoms with Crippen molar-refractivity contribution < 1.29 is 9.47 Å². The maximum absolute atomic E-state index is 5.98. The van der Waals surface area contributed by atoms with E-state index in [-0.39, 0.29) is 12.2 Å². The third-order valence-electron chi connectivity index (χ3n) is 6.01. The van der Waals surface area contributed by atoms with Crippen LogP contribution in [0.3, 0.4) is 0 Å². The zero-order valence-electron chi connectivity index (χ0n) is 15.5. The molecule has 0 spiro atoms. The highest BCUT2D eigenvalue weighted by atomic mass is 16.6. The van der Waals surface area contributed by atoms with Gasteiger partial charge in [-0.25, -0.2) is 0 Å². The van der Waals surface area contributed by atoms with E-state index in [4.69, 9.17) is 9.47 Å². The molecule has 0 amide bonds. The molecule has 1 heterocycles. The maximum Gasteiger partial charge on any atom is 0.106 e. The van der Waals surface area contributed by atoms with Gasteiger partial charge in [-0.2, -0.15) is 0 Å². The highest BCUT2D eigenvalue weighted by Crippen LogP contribution is 2.38. The summed E-state index contributed by atoms with van der Waals surface area (Å²) >= 11 is 0. The molecule has 1 aliphatic heterocycles. The first-order chi connectivity index (χ1) is 11.8. The second-order valence-electron chi connectivity index (χ2n) is 7.71. The molecule has 0 unspecified atom stereocenters. The summed E-state index contributed by atoms with van der Waals surface area (Å²) in [7, 11) is 0. The maximum atomic E-state index is 5.98. The molecule has 24 heavy (non-hydrogen) atoms. The molecule has 0 radical (unpaired) electrons. The van der Waals surface area contributed by atoms with Gasteiger partial charge in [-0.15, -0.1) is 0 Å². The minimum Gasteiger partial charge on any atom is -0.373 e. The second-order valence-corrected chi connectivity index (χ2v) is 7.71. The van der Waals surface area contributed by atoms with Crippen LogP contribution in [0, 0.1) is 5.92 Å². The Kier molecular flexibility index (Phi) is 6.74. The number of rotatable bonds is 6. The Bertz CT molecular complexity index is 465. The molecule has 2 atom stereocenters. The van der Waals surface area contributed by atoms with Gasteiger partial charge in [-0.3, -0.25) is 0 Å². The molecular formula is C22H34O2. The zero-order valence-corrected chi connectivity index (χ0v) is 15.5. The fourth-order valence-electron chi connectivity index (χ4n) is 4.23. The molecule has 2 fully saturated rings. The average Bonchev–Trinajstić information content (AvgIpc) is 2.67. The predicted octanol–water partition coefficient (Wildman–Crippen LogP) is 6.02. The van der Waals surface area contributed by atoms with Crippen molar-refractivity contribution in [3.8, 4) is 0 Å².